The average molecular weight is 217 g/mol. The van der Waals surface area contributed by atoms with Gasteiger partial charge in [0, 0.05) is 17.7 Å². The van der Waals surface area contributed by atoms with E-state index < -0.39 is 0 Å². The Hall–Kier alpha value is -1.64. The Bertz CT molecular complexity index is 397. The van der Waals surface area contributed by atoms with Crippen LogP contribution in [-0.4, -0.2) is 12.2 Å². The highest BCUT2D eigenvalue weighted by Crippen LogP contribution is 2.29. The summed E-state index contributed by atoms with van der Waals surface area (Å²) in [4.78, 5) is 22.2. The first kappa shape index (κ1) is 10.9. The van der Waals surface area contributed by atoms with Gasteiger partial charge in [0.05, 0.1) is 0 Å². The molecule has 1 saturated carbocycles. The second-order valence-electron chi connectivity index (χ2n) is 4.29. The molecule has 0 aromatic heterocycles. The van der Waals surface area contributed by atoms with Crippen molar-refractivity contribution in [2.45, 2.75) is 25.7 Å². The van der Waals surface area contributed by atoms with Crippen molar-refractivity contribution < 1.29 is 9.59 Å². The molecule has 0 unspecified atom stereocenters. The van der Waals surface area contributed by atoms with Crippen molar-refractivity contribution in [2.75, 3.05) is 5.32 Å². The van der Waals surface area contributed by atoms with Crippen molar-refractivity contribution >= 4 is 17.9 Å². The minimum absolute atomic E-state index is 0.0488. The Kier molecular flexibility index (Phi) is 3.34. The van der Waals surface area contributed by atoms with Gasteiger partial charge in [0.2, 0.25) is 5.91 Å². The van der Waals surface area contributed by atoms with E-state index in [1.165, 1.54) is 19.3 Å². The van der Waals surface area contributed by atoms with Crippen LogP contribution in [0.4, 0.5) is 5.69 Å². The third-order valence-corrected chi connectivity index (χ3v) is 3.01. The quantitative estimate of drug-likeness (QED) is 0.788. The molecule has 1 aromatic carbocycles. The minimum Gasteiger partial charge on any atom is -0.326 e. The fourth-order valence-corrected chi connectivity index (χ4v) is 1.86. The lowest BCUT2D eigenvalue weighted by Crippen LogP contribution is -2.20. The highest BCUT2D eigenvalue weighted by Gasteiger charge is 2.20. The molecule has 84 valence electrons. The maximum absolute atomic E-state index is 11.6. The van der Waals surface area contributed by atoms with Gasteiger partial charge in [0.15, 0.2) is 0 Å². The number of hydrogen-bond acceptors (Lipinski definition) is 2. The summed E-state index contributed by atoms with van der Waals surface area (Å²) in [5.41, 5.74) is 1.29. The van der Waals surface area contributed by atoms with Gasteiger partial charge in [0.25, 0.3) is 0 Å². The predicted molar refractivity (Wildman–Crippen MR) is 62.4 cm³/mol. The Labute approximate surface area is 94.9 Å². The molecule has 0 bridgehead atoms. The van der Waals surface area contributed by atoms with E-state index in [0.717, 1.165) is 6.29 Å². The van der Waals surface area contributed by atoms with Crippen LogP contribution in [0, 0.1) is 5.92 Å². The van der Waals surface area contributed by atoms with Crippen LogP contribution in [-0.2, 0) is 4.79 Å². The molecule has 0 aliphatic heterocycles. The van der Waals surface area contributed by atoms with Gasteiger partial charge in [0.1, 0.15) is 6.29 Å². The third-order valence-electron chi connectivity index (χ3n) is 3.01. The largest absolute Gasteiger partial charge is 0.326 e. The lowest BCUT2D eigenvalue weighted by molar-refractivity contribution is -0.117. The summed E-state index contributed by atoms with van der Waals surface area (Å²) >= 11 is 0. The second kappa shape index (κ2) is 4.92. The number of benzene rings is 1. The third kappa shape index (κ3) is 2.69. The first-order valence-electron chi connectivity index (χ1n) is 5.63. The van der Waals surface area contributed by atoms with Gasteiger partial charge in [-0.25, -0.2) is 0 Å². The van der Waals surface area contributed by atoms with Crippen LogP contribution in [0.1, 0.15) is 36.0 Å². The van der Waals surface area contributed by atoms with Gasteiger partial charge in [-0.05, 0) is 30.9 Å². The number of carbonyl (C=O) groups excluding carboxylic acids is 2. The normalized spacial score (nSPS) is 15.2. The number of carbonyl (C=O) groups is 2. The van der Waals surface area contributed by atoms with Crippen LogP contribution in [0.3, 0.4) is 0 Å². The van der Waals surface area contributed by atoms with Crippen LogP contribution in [0.15, 0.2) is 24.3 Å². The molecule has 1 amide bonds. The molecule has 0 heterocycles. The van der Waals surface area contributed by atoms with Gasteiger partial charge >= 0.3 is 0 Å². The van der Waals surface area contributed by atoms with Gasteiger partial charge in [-0.1, -0.05) is 18.6 Å². The maximum atomic E-state index is 11.6. The molecule has 0 saturated heterocycles. The van der Waals surface area contributed by atoms with Crippen LogP contribution < -0.4 is 5.32 Å². The first-order valence-corrected chi connectivity index (χ1v) is 5.63. The molecule has 3 nitrogen and oxygen atoms in total. The SMILES string of the molecule is O=Cc1cccc(NC(=O)CC2CCC2)c1. The summed E-state index contributed by atoms with van der Waals surface area (Å²) in [5, 5.41) is 2.82. The zero-order valence-electron chi connectivity index (χ0n) is 9.11. The summed E-state index contributed by atoms with van der Waals surface area (Å²) < 4.78 is 0. The van der Waals surface area contributed by atoms with Crippen molar-refractivity contribution in [2.24, 2.45) is 5.92 Å². The van der Waals surface area contributed by atoms with Gasteiger partial charge in [-0.2, -0.15) is 0 Å². The van der Waals surface area contributed by atoms with Gasteiger partial charge < -0.3 is 5.32 Å². The highest BCUT2D eigenvalue weighted by molar-refractivity contribution is 5.91. The van der Waals surface area contributed by atoms with Crippen molar-refractivity contribution in [1.29, 1.82) is 0 Å². The van der Waals surface area contributed by atoms with Crippen LogP contribution in [0.5, 0.6) is 0 Å². The Morgan fingerprint density at radius 2 is 2.25 bits per heavy atom. The summed E-state index contributed by atoms with van der Waals surface area (Å²) in [6.07, 6.45) is 4.97. The Morgan fingerprint density at radius 1 is 1.44 bits per heavy atom. The molecular weight excluding hydrogens is 202 g/mol. The van der Waals surface area contributed by atoms with Gasteiger partial charge in [-0.15, -0.1) is 0 Å². The van der Waals surface area contributed by atoms with Crippen LogP contribution in [0.2, 0.25) is 0 Å². The molecule has 1 aromatic rings. The van der Waals surface area contributed by atoms with E-state index in [9.17, 15) is 9.59 Å². The van der Waals surface area contributed by atoms with Gasteiger partial charge in [-0.3, -0.25) is 9.59 Å². The highest BCUT2D eigenvalue weighted by atomic mass is 16.1. The molecule has 2 rings (SSSR count). The zero-order chi connectivity index (χ0) is 11.4. The van der Waals surface area contributed by atoms with Crippen LogP contribution >= 0.6 is 0 Å². The fourth-order valence-electron chi connectivity index (χ4n) is 1.86. The number of nitrogens with one attached hydrogen (secondary N) is 1. The monoisotopic (exact) mass is 217 g/mol. The number of hydrogen-bond donors (Lipinski definition) is 1. The number of rotatable bonds is 4. The number of amides is 1. The topological polar surface area (TPSA) is 46.2 Å². The standard InChI is InChI=1S/C13H15NO2/c15-9-11-5-2-6-12(7-11)14-13(16)8-10-3-1-4-10/h2,5-7,9-10H,1,3-4,8H2,(H,14,16). The zero-order valence-corrected chi connectivity index (χ0v) is 9.11. The molecule has 1 aliphatic rings. The molecule has 1 aliphatic carbocycles. The molecular formula is C13H15NO2. The van der Waals surface area contributed by atoms with E-state index in [0.29, 0.717) is 23.6 Å². The molecule has 16 heavy (non-hydrogen) atoms. The maximum Gasteiger partial charge on any atom is 0.224 e. The molecule has 0 spiro atoms. The lowest BCUT2D eigenvalue weighted by Gasteiger charge is -2.24. The molecule has 1 N–H and O–H groups in total. The molecule has 1 fully saturated rings. The van der Waals surface area contributed by atoms with Crippen molar-refractivity contribution in [3.8, 4) is 0 Å². The van der Waals surface area contributed by atoms with E-state index in [1.807, 2.05) is 0 Å². The fraction of sp³-hybridized carbons (Fsp3) is 0.385. The van der Waals surface area contributed by atoms with E-state index in [1.54, 1.807) is 24.3 Å². The number of anilines is 1. The van der Waals surface area contributed by atoms with E-state index in [4.69, 9.17) is 0 Å². The predicted octanol–water partition coefficient (Wildman–Crippen LogP) is 2.63. The number of aldehydes is 1. The minimum atomic E-state index is 0.0488. The summed E-state index contributed by atoms with van der Waals surface area (Å²) in [7, 11) is 0. The van der Waals surface area contributed by atoms with Crippen molar-refractivity contribution in [3.05, 3.63) is 29.8 Å². The second-order valence-corrected chi connectivity index (χ2v) is 4.29. The molecule has 3 heteroatoms. The molecule has 0 radical (unpaired) electrons. The van der Waals surface area contributed by atoms with Crippen molar-refractivity contribution in [1.82, 2.24) is 0 Å². The summed E-state index contributed by atoms with van der Waals surface area (Å²) in [6, 6.07) is 6.97. The molecule has 0 atom stereocenters. The van der Waals surface area contributed by atoms with Crippen LogP contribution in [0.25, 0.3) is 0 Å². The Morgan fingerprint density at radius 3 is 2.88 bits per heavy atom. The Balaban J connectivity index is 1.91. The van der Waals surface area contributed by atoms with E-state index in [-0.39, 0.29) is 5.91 Å². The van der Waals surface area contributed by atoms with E-state index in [2.05, 4.69) is 5.32 Å². The smallest absolute Gasteiger partial charge is 0.224 e. The average Bonchev–Trinajstić information content (AvgIpc) is 2.24. The first-order chi connectivity index (χ1) is 7.78. The van der Waals surface area contributed by atoms with Crippen molar-refractivity contribution in [3.63, 3.8) is 0 Å². The van der Waals surface area contributed by atoms with E-state index >= 15 is 0 Å². The lowest BCUT2D eigenvalue weighted by atomic mass is 9.83. The summed E-state index contributed by atoms with van der Waals surface area (Å²) in [5.74, 6) is 0.613. The summed E-state index contributed by atoms with van der Waals surface area (Å²) in [6.45, 7) is 0.